The first-order valence-electron chi connectivity index (χ1n) is 8.93. The van der Waals surface area contributed by atoms with Crippen LogP contribution in [-0.4, -0.2) is 63.4 Å². The molecular weight excluding hydrogens is 394 g/mol. The van der Waals surface area contributed by atoms with E-state index in [4.69, 9.17) is 0 Å². The number of rotatable bonds is 5. The maximum atomic E-state index is 13.0. The van der Waals surface area contributed by atoms with Crippen molar-refractivity contribution in [3.05, 3.63) is 60.2 Å². The fraction of sp³-hybridized carbons (Fsp3) is 0.278. The number of amides is 1. The third kappa shape index (κ3) is 4.30. The first-order valence-corrected chi connectivity index (χ1v) is 10.8. The Hall–Kier alpha value is -3.18. The number of nitrogens with zero attached hydrogens (tertiary/aromatic N) is 5. The molecule has 3 heterocycles. The molecule has 2 N–H and O–H groups in total. The van der Waals surface area contributed by atoms with Gasteiger partial charge in [0.2, 0.25) is 10.0 Å². The molecule has 3 aromatic rings. The van der Waals surface area contributed by atoms with Crippen LogP contribution in [0.5, 0.6) is 0 Å². The summed E-state index contributed by atoms with van der Waals surface area (Å²) in [7, 11) is -3.42. The van der Waals surface area contributed by atoms with Crippen molar-refractivity contribution < 1.29 is 13.2 Å². The predicted octanol–water partition coefficient (Wildman–Crippen LogP) is 0.767. The van der Waals surface area contributed by atoms with Gasteiger partial charge in [0.1, 0.15) is 5.82 Å². The van der Waals surface area contributed by atoms with Crippen LogP contribution in [0.25, 0.3) is 11.4 Å². The number of carbonyl (C=O) groups excluding carboxylic acids is 1. The average molecular weight is 413 g/mol. The molecule has 1 aliphatic heterocycles. The molecule has 1 aliphatic rings. The third-order valence-electron chi connectivity index (χ3n) is 4.62. The Balaban J connectivity index is 1.65. The topological polar surface area (TPSA) is 134 Å². The summed E-state index contributed by atoms with van der Waals surface area (Å²) in [4.78, 5) is 19.2. The molecule has 0 bridgehead atoms. The summed E-state index contributed by atoms with van der Waals surface area (Å²) in [5, 5.41) is 14.6. The van der Waals surface area contributed by atoms with Crippen molar-refractivity contribution in [3.63, 3.8) is 0 Å². The van der Waals surface area contributed by atoms with Gasteiger partial charge in [0.05, 0.1) is 30.3 Å². The second-order valence-corrected chi connectivity index (χ2v) is 8.62. The van der Waals surface area contributed by atoms with Gasteiger partial charge in [0.25, 0.3) is 5.91 Å². The average Bonchev–Trinajstić information content (AvgIpc) is 3.35. The van der Waals surface area contributed by atoms with E-state index in [0.29, 0.717) is 23.6 Å². The molecule has 0 aliphatic carbocycles. The SMILES string of the molecule is CS(=O)(=O)N[C@H]1C[C@@H](c2nc(-c3ccccc3)n[nH]2)N(C(=O)c2ccnnc2)C1. The predicted molar refractivity (Wildman–Crippen MR) is 104 cm³/mol. The lowest BCUT2D eigenvalue weighted by Gasteiger charge is -2.22. The molecular formula is C18H19N7O3S. The molecule has 0 radical (unpaired) electrons. The zero-order valence-corrected chi connectivity index (χ0v) is 16.4. The Bertz CT molecular complexity index is 1100. The van der Waals surface area contributed by atoms with Gasteiger partial charge in [-0.05, 0) is 12.5 Å². The normalized spacial score (nSPS) is 19.4. The van der Waals surface area contributed by atoms with Crippen molar-refractivity contribution >= 4 is 15.9 Å². The highest BCUT2D eigenvalue weighted by molar-refractivity contribution is 7.88. The summed E-state index contributed by atoms with van der Waals surface area (Å²) in [6.45, 7) is 0.209. The Labute approximate surface area is 167 Å². The molecule has 0 unspecified atom stereocenters. The van der Waals surface area contributed by atoms with Gasteiger partial charge in [-0.25, -0.2) is 18.1 Å². The molecule has 29 heavy (non-hydrogen) atoms. The van der Waals surface area contributed by atoms with E-state index in [1.165, 1.54) is 12.4 Å². The van der Waals surface area contributed by atoms with Gasteiger partial charge in [0, 0.05) is 18.2 Å². The Morgan fingerprint density at radius 2 is 2.00 bits per heavy atom. The highest BCUT2D eigenvalue weighted by atomic mass is 32.2. The second-order valence-electron chi connectivity index (χ2n) is 6.84. The molecule has 11 heteroatoms. The number of aromatic amines is 1. The number of sulfonamides is 1. The molecule has 1 aromatic carbocycles. The number of carbonyl (C=O) groups is 1. The van der Waals surface area contributed by atoms with Crippen LogP contribution in [0.15, 0.2) is 48.8 Å². The van der Waals surface area contributed by atoms with Crippen LogP contribution in [0.3, 0.4) is 0 Å². The molecule has 1 saturated heterocycles. The largest absolute Gasteiger partial charge is 0.327 e. The van der Waals surface area contributed by atoms with Crippen molar-refractivity contribution in [2.75, 3.05) is 12.8 Å². The molecule has 1 fully saturated rings. The van der Waals surface area contributed by atoms with E-state index >= 15 is 0 Å². The molecule has 10 nitrogen and oxygen atoms in total. The van der Waals surface area contributed by atoms with Crippen molar-refractivity contribution in [2.24, 2.45) is 0 Å². The number of likely N-dealkylation sites (tertiary alicyclic amines) is 1. The van der Waals surface area contributed by atoms with Crippen molar-refractivity contribution in [3.8, 4) is 11.4 Å². The van der Waals surface area contributed by atoms with Crippen LogP contribution in [0.2, 0.25) is 0 Å². The Kier molecular flexibility index (Phi) is 5.07. The fourth-order valence-electron chi connectivity index (χ4n) is 3.43. The van der Waals surface area contributed by atoms with Gasteiger partial charge < -0.3 is 4.90 Å². The van der Waals surface area contributed by atoms with Crippen LogP contribution in [0.4, 0.5) is 0 Å². The summed E-state index contributed by atoms with van der Waals surface area (Å²) in [6, 6.07) is 10.1. The van der Waals surface area contributed by atoms with Gasteiger partial charge in [-0.2, -0.15) is 15.3 Å². The lowest BCUT2D eigenvalue weighted by Crippen LogP contribution is -2.38. The molecule has 2 atom stereocenters. The standard InChI is InChI=1S/C18H19N7O3S/c1-29(27,28)24-14-9-15(25(11-14)18(26)13-7-8-19-20-10-13)17-21-16(22-23-17)12-5-3-2-4-6-12/h2-8,10,14-15,24H,9,11H2,1H3,(H,21,22,23)/t14-,15-/m0/s1. The van der Waals surface area contributed by atoms with E-state index in [2.05, 4.69) is 30.1 Å². The van der Waals surface area contributed by atoms with E-state index in [-0.39, 0.29) is 12.5 Å². The number of H-pyrrole nitrogens is 1. The van der Waals surface area contributed by atoms with Crippen LogP contribution < -0.4 is 4.72 Å². The van der Waals surface area contributed by atoms with Gasteiger partial charge in [-0.1, -0.05) is 30.3 Å². The number of hydrogen-bond donors (Lipinski definition) is 2. The van der Waals surface area contributed by atoms with Crippen molar-refractivity contribution in [1.82, 2.24) is 35.0 Å². The number of hydrogen-bond acceptors (Lipinski definition) is 7. The minimum atomic E-state index is -3.42. The molecule has 0 saturated carbocycles. The number of aromatic nitrogens is 5. The maximum Gasteiger partial charge on any atom is 0.256 e. The minimum Gasteiger partial charge on any atom is -0.327 e. The van der Waals surface area contributed by atoms with E-state index in [1.54, 1.807) is 11.0 Å². The van der Waals surface area contributed by atoms with Gasteiger partial charge in [-0.3, -0.25) is 9.89 Å². The van der Waals surface area contributed by atoms with Crippen LogP contribution in [0, 0.1) is 0 Å². The third-order valence-corrected chi connectivity index (χ3v) is 5.39. The quantitative estimate of drug-likeness (QED) is 0.631. The first kappa shape index (κ1) is 19.2. The monoisotopic (exact) mass is 413 g/mol. The zero-order chi connectivity index (χ0) is 20.4. The van der Waals surface area contributed by atoms with E-state index < -0.39 is 22.1 Å². The van der Waals surface area contributed by atoms with E-state index in [9.17, 15) is 13.2 Å². The van der Waals surface area contributed by atoms with Crippen LogP contribution >= 0.6 is 0 Å². The first-order chi connectivity index (χ1) is 13.9. The van der Waals surface area contributed by atoms with Crippen LogP contribution in [-0.2, 0) is 10.0 Å². The highest BCUT2D eigenvalue weighted by Gasteiger charge is 2.39. The van der Waals surface area contributed by atoms with Gasteiger partial charge >= 0.3 is 0 Å². The number of nitrogens with one attached hydrogen (secondary N) is 2. The lowest BCUT2D eigenvalue weighted by molar-refractivity contribution is 0.0727. The van der Waals surface area contributed by atoms with Gasteiger partial charge in [-0.15, -0.1) is 0 Å². The highest BCUT2D eigenvalue weighted by Crippen LogP contribution is 2.32. The molecule has 2 aromatic heterocycles. The summed E-state index contributed by atoms with van der Waals surface area (Å²) < 4.78 is 26.0. The Morgan fingerprint density at radius 3 is 2.69 bits per heavy atom. The molecule has 1 amide bonds. The van der Waals surface area contributed by atoms with Gasteiger partial charge in [0.15, 0.2) is 5.82 Å². The number of benzene rings is 1. The molecule has 4 rings (SSSR count). The van der Waals surface area contributed by atoms with Crippen molar-refractivity contribution in [2.45, 2.75) is 18.5 Å². The molecule has 150 valence electrons. The summed E-state index contributed by atoms with van der Waals surface area (Å²) in [5.74, 6) is 0.732. The van der Waals surface area contributed by atoms with E-state index in [1.807, 2.05) is 30.3 Å². The summed E-state index contributed by atoms with van der Waals surface area (Å²) in [5.41, 5.74) is 1.21. The zero-order valence-electron chi connectivity index (χ0n) is 15.6. The summed E-state index contributed by atoms with van der Waals surface area (Å²) in [6.07, 6.45) is 4.29. The lowest BCUT2D eigenvalue weighted by atomic mass is 10.1. The van der Waals surface area contributed by atoms with E-state index in [0.717, 1.165) is 11.8 Å². The summed E-state index contributed by atoms with van der Waals surface area (Å²) >= 11 is 0. The molecule has 0 spiro atoms. The minimum absolute atomic E-state index is 0.209. The second kappa shape index (κ2) is 7.68. The maximum absolute atomic E-state index is 13.0. The Morgan fingerprint density at radius 1 is 1.21 bits per heavy atom. The van der Waals surface area contributed by atoms with Crippen molar-refractivity contribution in [1.29, 1.82) is 0 Å². The fourth-order valence-corrected chi connectivity index (χ4v) is 4.21. The smallest absolute Gasteiger partial charge is 0.256 e. The van der Waals surface area contributed by atoms with Crippen LogP contribution in [0.1, 0.15) is 28.6 Å².